The molecule has 0 radical (unpaired) electrons. The van der Waals surface area contributed by atoms with Crippen LogP contribution in [0.3, 0.4) is 0 Å². The van der Waals surface area contributed by atoms with Crippen LogP contribution in [0.4, 0.5) is 4.39 Å². The number of aliphatic hydroxyl groups is 1. The first-order valence-corrected chi connectivity index (χ1v) is 6.79. The van der Waals surface area contributed by atoms with E-state index in [4.69, 9.17) is 0 Å². The molecule has 0 bridgehead atoms. The fourth-order valence-electron chi connectivity index (χ4n) is 2.13. The average molecular weight is 333 g/mol. The standard InChI is InChI=1S/C15H10BrFN2O/c16-9-4-5-12(17)11(8-9)15(20)10-2-1-3-13-14(10)19-7-6-18-13/h1-8,15,20H. The van der Waals surface area contributed by atoms with Crippen LogP contribution in [-0.2, 0) is 0 Å². The summed E-state index contributed by atoms with van der Waals surface area (Å²) in [5.41, 5.74) is 1.98. The molecule has 2 aromatic carbocycles. The number of fused-ring (bicyclic) bond motifs is 1. The molecule has 0 spiro atoms. The molecule has 3 aromatic rings. The Labute approximate surface area is 123 Å². The van der Waals surface area contributed by atoms with Crippen LogP contribution in [0, 0.1) is 5.82 Å². The van der Waals surface area contributed by atoms with E-state index >= 15 is 0 Å². The first kappa shape index (κ1) is 13.1. The lowest BCUT2D eigenvalue weighted by atomic mass is 9.99. The van der Waals surface area contributed by atoms with Gasteiger partial charge in [0.15, 0.2) is 0 Å². The summed E-state index contributed by atoms with van der Waals surface area (Å²) in [6.07, 6.45) is 2.04. The molecular formula is C15H10BrFN2O. The maximum atomic E-state index is 13.9. The molecule has 1 heterocycles. The number of aromatic nitrogens is 2. The van der Waals surface area contributed by atoms with Gasteiger partial charge in [0.25, 0.3) is 0 Å². The van der Waals surface area contributed by atoms with E-state index in [2.05, 4.69) is 25.9 Å². The van der Waals surface area contributed by atoms with Crippen molar-refractivity contribution in [1.29, 1.82) is 0 Å². The van der Waals surface area contributed by atoms with E-state index in [1.165, 1.54) is 6.07 Å². The Kier molecular flexibility index (Phi) is 3.46. The van der Waals surface area contributed by atoms with Crippen LogP contribution < -0.4 is 0 Å². The highest BCUT2D eigenvalue weighted by Gasteiger charge is 2.18. The van der Waals surface area contributed by atoms with Crippen LogP contribution in [-0.4, -0.2) is 15.1 Å². The molecule has 0 fully saturated rings. The second kappa shape index (κ2) is 5.26. The molecule has 0 saturated carbocycles. The zero-order chi connectivity index (χ0) is 14.1. The molecule has 0 amide bonds. The number of hydrogen-bond acceptors (Lipinski definition) is 3. The van der Waals surface area contributed by atoms with Gasteiger partial charge in [-0.3, -0.25) is 9.97 Å². The molecule has 1 N–H and O–H groups in total. The maximum Gasteiger partial charge on any atom is 0.129 e. The number of aliphatic hydroxyl groups excluding tert-OH is 1. The van der Waals surface area contributed by atoms with Crippen LogP contribution in [0.25, 0.3) is 11.0 Å². The summed E-state index contributed by atoms with van der Waals surface area (Å²) in [4.78, 5) is 8.40. The summed E-state index contributed by atoms with van der Waals surface area (Å²) in [5.74, 6) is -0.457. The van der Waals surface area contributed by atoms with E-state index in [-0.39, 0.29) is 5.56 Å². The average Bonchev–Trinajstić information content (AvgIpc) is 2.48. The number of rotatable bonds is 2. The van der Waals surface area contributed by atoms with E-state index in [0.717, 1.165) is 0 Å². The summed E-state index contributed by atoms with van der Waals surface area (Å²) >= 11 is 3.28. The second-order valence-corrected chi connectivity index (χ2v) is 5.26. The number of benzene rings is 2. The fourth-order valence-corrected chi connectivity index (χ4v) is 2.51. The molecule has 0 aliphatic rings. The molecule has 0 aliphatic heterocycles. The summed E-state index contributed by atoms with van der Waals surface area (Å²) in [7, 11) is 0. The van der Waals surface area contributed by atoms with Crippen LogP contribution in [0.1, 0.15) is 17.2 Å². The van der Waals surface area contributed by atoms with Crippen molar-refractivity contribution in [3.8, 4) is 0 Å². The van der Waals surface area contributed by atoms with Crippen LogP contribution >= 0.6 is 15.9 Å². The van der Waals surface area contributed by atoms with Gasteiger partial charge in [-0.2, -0.15) is 0 Å². The Morgan fingerprint density at radius 3 is 2.70 bits per heavy atom. The topological polar surface area (TPSA) is 46.0 Å². The minimum Gasteiger partial charge on any atom is -0.383 e. The summed E-state index contributed by atoms with van der Waals surface area (Å²) < 4.78 is 14.6. The summed E-state index contributed by atoms with van der Waals surface area (Å²) in [5, 5.41) is 10.5. The minimum absolute atomic E-state index is 0.206. The number of para-hydroxylation sites is 1. The first-order valence-electron chi connectivity index (χ1n) is 5.99. The fraction of sp³-hybridized carbons (Fsp3) is 0.0667. The smallest absolute Gasteiger partial charge is 0.129 e. The van der Waals surface area contributed by atoms with Crippen molar-refractivity contribution in [2.75, 3.05) is 0 Å². The van der Waals surface area contributed by atoms with Crippen molar-refractivity contribution >= 4 is 27.0 Å². The molecule has 1 atom stereocenters. The summed E-state index contributed by atoms with van der Waals surface area (Å²) in [6.45, 7) is 0. The molecule has 1 aromatic heterocycles. The minimum atomic E-state index is -1.09. The van der Waals surface area contributed by atoms with Crippen molar-refractivity contribution in [3.05, 3.63) is 70.2 Å². The highest BCUT2D eigenvalue weighted by molar-refractivity contribution is 9.10. The van der Waals surface area contributed by atoms with Gasteiger partial charge in [0.1, 0.15) is 11.9 Å². The van der Waals surface area contributed by atoms with Crippen molar-refractivity contribution in [3.63, 3.8) is 0 Å². The molecule has 100 valence electrons. The van der Waals surface area contributed by atoms with Gasteiger partial charge in [-0.05, 0) is 24.3 Å². The molecule has 20 heavy (non-hydrogen) atoms. The molecule has 1 unspecified atom stereocenters. The lowest BCUT2D eigenvalue weighted by Crippen LogP contribution is -2.04. The van der Waals surface area contributed by atoms with E-state index in [1.54, 1.807) is 42.7 Å². The van der Waals surface area contributed by atoms with Crippen LogP contribution in [0.15, 0.2) is 53.3 Å². The van der Waals surface area contributed by atoms with Crippen molar-refractivity contribution in [2.45, 2.75) is 6.10 Å². The SMILES string of the molecule is OC(c1cc(Br)ccc1F)c1cccc2nccnc12. The van der Waals surface area contributed by atoms with Crippen molar-refractivity contribution in [2.24, 2.45) is 0 Å². The van der Waals surface area contributed by atoms with Gasteiger partial charge in [-0.25, -0.2) is 4.39 Å². The van der Waals surface area contributed by atoms with Gasteiger partial charge >= 0.3 is 0 Å². The quantitative estimate of drug-likeness (QED) is 0.779. The Morgan fingerprint density at radius 2 is 1.85 bits per heavy atom. The summed E-state index contributed by atoms with van der Waals surface area (Å²) in [6, 6.07) is 9.77. The third kappa shape index (κ3) is 2.30. The van der Waals surface area contributed by atoms with E-state index in [0.29, 0.717) is 21.1 Å². The maximum absolute atomic E-state index is 13.9. The van der Waals surface area contributed by atoms with Gasteiger partial charge in [0.05, 0.1) is 11.0 Å². The lowest BCUT2D eigenvalue weighted by molar-refractivity contribution is 0.216. The normalized spacial score (nSPS) is 12.6. The predicted octanol–water partition coefficient (Wildman–Crippen LogP) is 3.61. The predicted molar refractivity (Wildman–Crippen MR) is 77.7 cm³/mol. The van der Waals surface area contributed by atoms with Crippen molar-refractivity contribution in [1.82, 2.24) is 9.97 Å². The Balaban J connectivity index is 2.17. The second-order valence-electron chi connectivity index (χ2n) is 4.34. The molecule has 0 saturated heterocycles. The monoisotopic (exact) mass is 332 g/mol. The van der Waals surface area contributed by atoms with Gasteiger partial charge in [-0.15, -0.1) is 0 Å². The third-order valence-corrected chi connectivity index (χ3v) is 3.57. The van der Waals surface area contributed by atoms with Gasteiger partial charge < -0.3 is 5.11 Å². The molecule has 0 aliphatic carbocycles. The molecule has 5 heteroatoms. The van der Waals surface area contributed by atoms with E-state index in [9.17, 15) is 9.50 Å². The van der Waals surface area contributed by atoms with Crippen LogP contribution in [0.2, 0.25) is 0 Å². The van der Waals surface area contributed by atoms with E-state index < -0.39 is 11.9 Å². The van der Waals surface area contributed by atoms with Crippen LogP contribution in [0.5, 0.6) is 0 Å². The molecular weight excluding hydrogens is 323 g/mol. The van der Waals surface area contributed by atoms with Gasteiger partial charge in [-0.1, -0.05) is 28.1 Å². The first-order chi connectivity index (χ1) is 9.66. The molecule has 3 rings (SSSR count). The molecule has 3 nitrogen and oxygen atoms in total. The lowest BCUT2D eigenvalue weighted by Gasteiger charge is -2.14. The Bertz CT molecular complexity index is 773. The number of halogens is 2. The zero-order valence-corrected chi connectivity index (χ0v) is 11.9. The van der Waals surface area contributed by atoms with Gasteiger partial charge in [0, 0.05) is 28.0 Å². The van der Waals surface area contributed by atoms with Crippen molar-refractivity contribution < 1.29 is 9.50 Å². The van der Waals surface area contributed by atoms with Gasteiger partial charge in [0.2, 0.25) is 0 Å². The number of nitrogens with zero attached hydrogens (tertiary/aromatic N) is 2. The largest absolute Gasteiger partial charge is 0.383 e. The highest BCUT2D eigenvalue weighted by atomic mass is 79.9. The van der Waals surface area contributed by atoms with E-state index in [1.807, 2.05) is 0 Å². The Morgan fingerprint density at radius 1 is 1.05 bits per heavy atom. The number of hydrogen-bond donors (Lipinski definition) is 1. The highest BCUT2D eigenvalue weighted by Crippen LogP contribution is 2.30. The Hall–Kier alpha value is -1.85. The zero-order valence-electron chi connectivity index (χ0n) is 10.3. The third-order valence-electron chi connectivity index (χ3n) is 3.08.